The lowest BCUT2D eigenvalue weighted by atomic mass is 10.1. The molecule has 1 atom stereocenters. The molecule has 142 valence electrons. The fourth-order valence-corrected chi connectivity index (χ4v) is 4.59. The van der Waals surface area contributed by atoms with Crippen LogP contribution >= 0.6 is 11.3 Å². The summed E-state index contributed by atoms with van der Waals surface area (Å²) in [5.74, 6) is -0.288. The maximum atomic E-state index is 12.6. The number of aryl methyl sites for hydroxylation is 1. The fourth-order valence-electron chi connectivity index (χ4n) is 2.53. The van der Waals surface area contributed by atoms with Crippen molar-refractivity contribution in [2.45, 2.75) is 17.9 Å². The number of thiophene rings is 1. The number of amides is 1. The van der Waals surface area contributed by atoms with Gasteiger partial charge in [0, 0.05) is 31.1 Å². The maximum absolute atomic E-state index is 12.6. The number of benzene rings is 1. The quantitative estimate of drug-likeness (QED) is 0.781. The molecule has 2 rings (SSSR count). The third kappa shape index (κ3) is 4.50. The van der Waals surface area contributed by atoms with Crippen LogP contribution in [0.3, 0.4) is 0 Å². The number of nitrogens with one attached hydrogen (secondary N) is 1. The summed E-state index contributed by atoms with van der Waals surface area (Å²) in [7, 11) is 3.28. The van der Waals surface area contributed by atoms with Crippen molar-refractivity contribution in [3.63, 3.8) is 0 Å². The van der Waals surface area contributed by atoms with E-state index in [1.54, 1.807) is 30.4 Å². The topological polar surface area (TPSA) is 69.7 Å². The third-order valence-corrected chi connectivity index (χ3v) is 7.09. The van der Waals surface area contributed by atoms with Crippen LogP contribution in [0.1, 0.15) is 26.8 Å². The number of rotatable bonds is 7. The second-order valence-corrected chi connectivity index (χ2v) is 9.57. The standard InChI is InChI=1S/C18H25N3O3S2/c1-13-8-9-14(11-17(13)26(23,24)21(4)5)18(22)19-12-15(20(2)3)16-7-6-10-25-16/h6-11,15H,12H2,1-5H3,(H,19,22). The van der Waals surface area contributed by atoms with Gasteiger partial charge in [0.15, 0.2) is 0 Å². The summed E-state index contributed by atoms with van der Waals surface area (Å²) < 4.78 is 26.0. The van der Waals surface area contributed by atoms with E-state index < -0.39 is 10.0 Å². The summed E-state index contributed by atoms with van der Waals surface area (Å²) >= 11 is 1.64. The van der Waals surface area contributed by atoms with E-state index in [1.165, 1.54) is 20.2 Å². The first-order valence-electron chi connectivity index (χ1n) is 8.15. The molecule has 0 spiro atoms. The molecule has 1 unspecified atom stereocenters. The molecule has 0 fully saturated rings. The summed E-state index contributed by atoms with van der Waals surface area (Å²) in [6.07, 6.45) is 0. The molecule has 8 heteroatoms. The maximum Gasteiger partial charge on any atom is 0.251 e. The molecule has 1 N–H and O–H groups in total. The molecular weight excluding hydrogens is 370 g/mol. The van der Waals surface area contributed by atoms with Crippen LogP contribution in [-0.2, 0) is 10.0 Å². The molecule has 0 aliphatic rings. The van der Waals surface area contributed by atoms with Crippen LogP contribution in [0.25, 0.3) is 0 Å². The summed E-state index contributed by atoms with van der Waals surface area (Å²) in [6.45, 7) is 2.16. The van der Waals surface area contributed by atoms with Crippen LogP contribution in [-0.4, -0.2) is 58.3 Å². The van der Waals surface area contributed by atoms with Crippen LogP contribution < -0.4 is 5.32 Å². The van der Waals surface area contributed by atoms with Gasteiger partial charge in [0.1, 0.15) is 0 Å². The largest absolute Gasteiger partial charge is 0.350 e. The molecule has 0 radical (unpaired) electrons. The van der Waals surface area contributed by atoms with E-state index in [2.05, 4.69) is 5.32 Å². The molecule has 6 nitrogen and oxygen atoms in total. The summed E-state index contributed by atoms with van der Waals surface area (Å²) in [5.41, 5.74) is 0.944. The lowest BCUT2D eigenvalue weighted by Crippen LogP contribution is -2.34. The normalized spacial score (nSPS) is 13.2. The Hall–Kier alpha value is -1.74. The van der Waals surface area contributed by atoms with Crippen molar-refractivity contribution in [1.82, 2.24) is 14.5 Å². The molecule has 1 aromatic carbocycles. The number of nitrogens with zero attached hydrogens (tertiary/aromatic N) is 2. The van der Waals surface area contributed by atoms with Gasteiger partial charge in [-0.2, -0.15) is 0 Å². The van der Waals surface area contributed by atoms with Crippen LogP contribution in [0, 0.1) is 6.92 Å². The lowest BCUT2D eigenvalue weighted by Gasteiger charge is -2.23. The first-order valence-corrected chi connectivity index (χ1v) is 10.5. The number of carbonyl (C=O) groups is 1. The van der Waals surface area contributed by atoms with Gasteiger partial charge in [-0.05, 0) is 50.2 Å². The number of hydrogen-bond donors (Lipinski definition) is 1. The molecule has 0 aliphatic heterocycles. The van der Waals surface area contributed by atoms with E-state index in [1.807, 2.05) is 36.5 Å². The first-order chi connectivity index (χ1) is 12.1. The minimum Gasteiger partial charge on any atom is -0.350 e. The summed E-state index contributed by atoms with van der Waals surface area (Å²) in [4.78, 5) is 15.9. The molecule has 1 aromatic heterocycles. The first kappa shape index (κ1) is 20.6. The van der Waals surface area contributed by atoms with Crippen molar-refractivity contribution in [2.24, 2.45) is 0 Å². The van der Waals surface area contributed by atoms with E-state index in [0.717, 1.165) is 9.18 Å². The van der Waals surface area contributed by atoms with Crippen molar-refractivity contribution < 1.29 is 13.2 Å². The van der Waals surface area contributed by atoms with E-state index in [0.29, 0.717) is 17.7 Å². The molecule has 2 aromatic rings. The van der Waals surface area contributed by atoms with Crippen molar-refractivity contribution >= 4 is 27.3 Å². The minimum absolute atomic E-state index is 0.0642. The van der Waals surface area contributed by atoms with Gasteiger partial charge in [-0.25, -0.2) is 12.7 Å². The predicted octanol–water partition coefficient (Wildman–Crippen LogP) is 2.34. The highest BCUT2D eigenvalue weighted by molar-refractivity contribution is 7.89. The van der Waals surface area contributed by atoms with Gasteiger partial charge in [0.25, 0.3) is 5.91 Å². The highest BCUT2D eigenvalue weighted by Crippen LogP contribution is 2.23. The average Bonchev–Trinajstić information content (AvgIpc) is 3.08. The van der Waals surface area contributed by atoms with E-state index >= 15 is 0 Å². The van der Waals surface area contributed by atoms with E-state index in [9.17, 15) is 13.2 Å². The highest BCUT2D eigenvalue weighted by Gasteiger charge is 2.22. The van der Waals surface area contributed by atoms with Crippen LogP contribution in [0.4, 0.5) is 0 Å². The molecule has 0 saturated carbocycles. The van der Waals surface area contributed by atoms with Gasteiger partial charge >= 0.3 is 0 Å². The average molecular weight is 396 g/mol. The van der Waals surface area contributed by atoms with Crippen molar-refractivity contribution in [3.05, 3.63) is 51.7 Å². The Morgan fingerprint density at radius 1 is 1.19 bits per heavy atom. The molecule has 26 heavy (non-hydrogen) atoms. The zero-order chi connectivity index (χ0) is 19.5. The van der Waals surface area contributed by atoms with Crippen LogP contribution in [0.15, 0.2) is 40.6 Å². The molecule has 0 bridgehead atoms. The highest BCUT2D eigenvalue weighted by atomic mass is 32.2. The fraction of sp³-hybridized carbons (Fsp3) is 0.389. The molecule has 1 heterocycles. The SMILES string of the molecule is Cc1ccc(C(=O)NCC(c2cccs2)N(C)C)cc1S(=O)(=O)N(C)C. The Morgan fingerprint density at radius 2 is 1.88 bits per heavy atom. The number of sulfonamides is 1. The van der Waals surface area contributed by atoms with Crippen molar-refractivity contribution in [3.8, 4) is 0 Å². The number of likely N-dealkylation sites (N-methyl/N-ethyl adjacent to an activating group) is 1. The Kier molecular flexibility index (Phi) is 6.57. The summed E-state index contributed by atoms with van der Waals surface area (Å²) in [6, 6.07) is 8.83. The smallest absolute Gasteiger partial charge is 0.251 e. The van der Waals surface area contributed by atoms with Crippen molar-refractivity contribution in [2.75, 3.05) is 34.7 Å². The van der Waals surface area contributed by atoms with Gasteiger partial charge in [-0.3, -0.25) is 4.79 Å². The van der Waals surface area contributed by atoms with Gasteiger partial charge in [0.2, 0.25) is 10.0 Å². The molecule has 0 aliphatic carbocycles. The Bertz CT molecular complexity index is 860. The second-order valence-electron chi connectivity index (χ2n) is 6.47. The Morgan fingerprint density at radius 3 is 2.42 bits per heavy atom. The van der Waals surface area contributed by atoms with Crippen LogP contribution in [0.5, 0.6) is 0 Å². The second kappa shape index (κ2) is 8.30. The number of carbonyl (C=O) groups excluding carboxylic acids is 1. The molecular formula is C18H25N3O3S2. The zero-order valence-electron chi connectivity index (χ0n) is 15.7. The van der Waals surface area contributed by atoms with E-state index in [-0.39, 0.29) is 16.8 Å². The van der Waals surface area contributed by atoms with Gasteiger partial charge in [-0.1, -0.05) is 12.1 Å². The third-order valence-electron chi connectivity index (χ3n) is 4.16. The lowest BCUT2D eigenvalue weighted by molar-refractivity contribution is 0.0942. The molecule has 1 amide bonds. The molecule has 0 saturated heterocycles. The van der Waals surface area contributed by atoms with Crippen molar-refractivity contribution in [1.29, 1.82) is 0 Å². The Balaban J connectivity index is 2.20. The minimum atomic E-state index is -3.60. The Labute approximate surface area is 159 Å². The monoisotopic (exact) mass is 395 g/mol. The number of hydrogen-bond acceptors (Lipinski definition) is 5. The van der Waals surface area contributed by atoms with Crippen LogP contribution in [0.2, 0.25) is 0 Å². The van der Waals surface area contributed by atoms with E-state index in [4.69, 9.17) is 0 Å². The predicted molar refractivity (Wildman–Crippen MR) is 105 cm³/mol. The van der Waals surface area contributed by atoms with Gasteiger partial charge in [-0.15, -0.1) is 11.3 Å². The van der Waals surface area contributed by atoms with Gasteiger partial charge in [0.05, 0.1) is 10.9 Å². The zero-order valence-corrected chi connectivity index (χ0v) is 17.3. The van der Waals surface area contributed by atoms with Gasteiger partial charge < -0.3 is 10.2 Å². The summed E-state index contributed by atoms with van der Waals surface area (Å²) in [5, 5.41) is 4.92.